The van der Waals surface area contributed by atoms with E-state index in [1.807, 2.05) is 48.7 Å². The van der Waals surface area contributed by atoms with Crippen LogP contribution in [0.15, 0.2) is 52.4 Å². The number of rotatable bonds is 8. The van der Waals surface area contributed by atoms with E-state index in [0.29, 0.717) is 30.5 Å². The van der Waals surface area contributed by atoms with Gasteiger partial charge in [0.2, 0.25) is 0 Å². The fourth-order valence-electron chi connectivity index (χ4n) is 2.32. The normalized spacial score (nSPS) is 10.6. The average Bonchev–Trinajstić information content (AvgIpc) is 3.15. The second kappa shape index (κ2) is 9.26. The van der Waals surface area contributed by atoms with Crippen molar-refractivity contribution in [3.8, 4) is 11.5 Å². The van der Waals surface area contributed by atoms with Crippen LogP contribution in [0.4, 0.5) is 5.13 Å². The number of thiazole rings is 1. The molecule has 3 aromatic rings. The van der Waals surface area contributed by atoms with Crippen molar-refractivity contribution in [2.45, 2.75) is 20.1 Å². The SMILES string of the molecule is CCOc1cc(CNc2nccs2)c(Br)cc1OCc1ccc(Cl)cc1. The summed E-state index contributed by atoms with van der Waals surface area (Å²) in [5.41, 5.74) is 2.12. The minimum absolute atomic E-state index is 0.445. The Kier molecular flexibility index (Phi) is 6.77. The van der Waals surface area contributed by atoms with Gasteiger partial charge in [0.25, 0.3) is 0 Å². The number of hydrogen-bond acceptors (Lipinski definition) is 5. The van der Waals surface area contributed by atoms with E-state index in [4.69, 9.17) is 21.1 Å². The first-order chi connectivity index (χ1) is 12.7. The van der Waals surface area contributed by atoms with Gasteiger partial charge in [-0.15, -0.1) is 11.3 Å². The third-order valence-corrected chi connectivity index (χ3v) is 5.30. The summed E-state index contributed by atoms with van der Waals surface area (Å²) in [6.45, 7) is 3.61. The van der Waals surface area contributed by atoms with Crippen LogP contribution < -0.4 is 14.8 Å². The molecule has 0 atom stereocenters. The predicted molar refractivity (Wildman–Crippen MR) is 111 cm³/mol. The van der Waals surface area contributed by atoms with Crippen LogP contribution >= 0.6 is 38.9 Å². The van der Waals surface area contributed by atoms with Crippen molar-refractivity contribution in [1.82, 2.24) is 4.98 Å². The van der Waals surface area contributed by atoms with Gasteiger partial charge in [-0.25, -0.2) is 4.98 Å². The highest BCUT2D eigenvalue weighted by molar-refractivity contribution is 9.10. The van der Waals surface area contributed by atoms with Gasteiger partial charge in [-0.05, 0) is 42.3 Å². The van der Waals surface area contributed by atoms with E-state index in [1.165, 1.54) is 0 Å². The van der Waals surface area contributed by atoms with Crippen LogP contribution in [-0.4, -0.2) is 11.6 Å². The van der Waals surface area contributed by atoms with Crippen molar-refractivity contribution >= 4 is 44.0 Å². The van der Waals surface area contributed by atoms with Crippen molar-refractivity contribution in [2.24, 2.45) is 0 Å². The molecule has 26 heavy (non-hydrogen) atoms. The molecule has 2 aromatic carbocycles. The van der Waals surface area contributed by atoms with E-state index in [0.717, 1.165) is 26.5 Å². The van der Waals surface area contributed by atoms with Crippen molar-refractivity contribution in [3.63, 3.8) is 0 Å². The van der Waals surface area contributed by atoms with Crippen LogP contribution in [-0.2, 0) is 13.2 Å². The Morgan fingerprint density at radius 1 is 1.15 bits per heavy atom. The summed E-state index contributed by atoms with van der Waals surface area (Å²) in [4.78, 5) is 4.23. The van der Waals surface area contributed by atoms with Crippen LogP contribution in [0.2, 0.25) is 5.02 Å². The Morgan fingerprint density at radius 2 is 1.92 bits per heavy atom. The number of nitrogens with zero attached hydrogens (tertiary/aromatic N) is 1. The van der Waals surface area contributed by atoms with Crippen molar-refractivity contribution in [3.05, 3.63) is 68.6 Å². The van der Waals surface area contributed by atoms with Crippen molar-refractivity contribution in [1.29, 1.82) is 0 Å². The number of hydrogen-bond donors (Lipinski definition) is 1. The molecule has 0 unspecified atom stereocenters. The molecule has 0 aliphatic rings. The van der Waals surface area contributed by atoms with Gasteiger partial charge in [-0.3, -0.25) is 0 Å². The quantitative estimate of drug-likeness (QED) is 0.444. The Morgan fingerprint density at radius 3 is 2.62 bits per heavy atom. The van der Waals surface area contributed by atoms with E-state index >= 15 is 0 Å². The Bertz CT molecular complexity index is 842. The summed E-state index contributed by atoms with van der Waals surface area (Å²) >= 11 is 11.1. The lowest BCUT2D eigenvalue weighted by molar-refractivity contribution is 0.269. The highest BCUT2D eigenvalue weighted by Gasteiger charge is 2.12. The molecule has 3 rings (SSSR count). The number of anilines is 1. The number of benzene rings is 2. The van der Waals surface area contributed by atoms with Gasteiger partial charge in [-0.1, -0.05) is 39.7 Å². The highest BCUT2D eigenvalue weighted by Crippen LogP contribution is 2.35. The monoisotopic (exact) mass is 452 g/mol. The fraction of sp³-hybridized carbons (Fsp3) is 0.211. The van der Waals surface area contributed by atoms with Crippen LogP contribution in [0.1, 0.15) is 18.1 Å². The van der Waals surface area contributed by atoms with Gasteiger partial charge >= 0.3 is 0 Å². The first kappa shape index (κ1) is 19.0. The summed E-state index contributed by atoms with van der Waals surface area (Å²) in [5.74, 6) is 1.42. The molecule has 0 fully saturated rings. The lowest BCUT2D eigenvalue weighted by Gasteiger charge is -2.15. The third-order valence-electron chi connectivity index (χ3n) is 3.58. The molecule has 4 nitrogen and oxygen atoms in total. The molecule has 0 saturated heterocycles. The smallest absolute Gasteiger partial charge is 0.182 e. The maximum absolute atomic E-state index is 5.97. The molecule has 136 valence electrons. The second-order valence-corrected chi connectivity index (χ2v) is 7.61. The molecule has 0 radical (unpaired) electrons. The number of ether oxygens (including phenoxy) is 2. The van der Waals surface area contributed by atoms with Crippen LogP contribution in [0.25, 0.3) is 0 Å². The first-order valence-electron chi connectivity index (χ1n) is 8.11. The molecule has 1 N–H and O–H groups in total. The predicted octanol–water partition coefficient (Wildman–Crippen LogP) is 6.15. The van der Waals surface area contributed by atoms with E-state index in [1.54, 1.807) is 17.5 Å². The molecule has 0 spiro atoms. The van der Waals surface area contributed by atoms with Gasteiger partial charge in [0.05, 0.1) is 6.61 Å². The molecule has 0 aliphatic carbocycles. The zero-order chi connectivity index (χ0) is 18.4. The second-order valence-electron chi connectivity index (χ2n) is 5.43. The molecular weight excluding hydrogens is 436 g/mol. The van der Waals surface area contributed by atoms with Gasteiger partial charge < -0.3 is 14.8 Å². The van der Waals surface area contributed by atoms with Crippen molar-refractivity contribution < 1.29 is 9.47 Å². The summed E-state index contributed by atoms with van der Waals surface area (Å²) in [5, 5.41) is 6.84. The average molecular weight is 454 g/mol. The lowest BCUT2D eigenvalue weighted by atomic mass is 10.2. The maximum Gasteiger partial charge on any atom is 0.182 e. The lowest BCUT2D eigenvalue weighted by Crippen LogP contribution is -2.04. The van der Waals surface area contributed by atoms with Gasteiger partial charge in [0.1, 0.15) is 6.61 Å². The first-order valence-corrected chi connectivity index (χ1v) is 10.2. The minimum atomic E-state index is 0.445. The molecule has 0 bridgehead atoms. The van der Waals surface area contributed by atoms with Gasteiger partial charge in [0, 0.05) is 27.6 Å². The largest absolute Gasteiger partial charge is 0.490 e. The molecular formula is C19H18BrClN2O2S. The Labute approximate surface area is 170 Å². The van der Waals surface area contributed by atoms with Gasteiger partial charge in [0.15, 0.2) is 16.6 Å². The van der Waals surface area contributed by atoms with Crippen LogP contribution in [0.5, 0.6) is 11.5 Å². The van der Waals surface area contributed by atoms with E-state index in [-0.39, 0.29) is 0 Å². The van der Waals surface area contributed by atoms with Crippen LogP contribution in [0, 0.1) is 0 Å². The van der Waals surface area contributed by atoms with E-state index in [2.05, 4.69) is 26.2 Å². The zero-order valence-corrected chi connectivity index (χ0v) is 17.3. The van der Waals surface area contributed by atoms with Crippen molar-refractivity contribution in [2.75, 3.05) is 11.9 Å². The molecule has 7 heteroatoms. The topological polar surface area (TPSA) is 43.4 Å². The summed E-state index contributed by atoms with van der Waals surface area (Å²) in [6, 6.07) is 11.5. The molecule has 1 aromatic heterocycles. The number of aromatic nitrogens is 1. The maximum atomic E-state index is 5.97. The van der Waals surface area contributed by atoms with E-state index < -0.39 is 0 Å². The third kappa shape index (κ3) is 5.13. The number of nitrogens with one attached hydrogen (secondary N) is 1. The Balaban J connectivity index is 1.73. The summed E-state index contributed by atoms with van der Waals surface area (Å²) in [6.07, 6.45) is 1.78. The highest BCUT2D eigenvalue weighted by atomic mass is 79.9. The standard InChI is InChI=1S/C19H18BrClN2O2S/c1-2-24-17-9-14(11-23-19-22-7-8-26-19)16(20)10-18(17)25-12-13-3-5-15(21)6-4-13/h3-10H,2,11-12H2,1H3,(H,22,23). The van der Waals surface area contributed by atoms with Gasteiger partial charge in [-0.2, -0.15) is 0 Å². The number of halogens is 2. The molecule has 0 aliphatic heterocycles. The summed E-state index contributed by atoms with van der Waals surface area (Å²) < 4.78 is 12.7. The molecule has 0 saturated carbocycles. The van der Waals surface area contributed by atoms with E-state index in [9.17, 15) is 0 Å². The fourth-order valence-corrected chi connectivity index (χ4v) is 3.43. The molecule has 0 amide bonds. The zero-order valence-electron chi connectivity index (χ0n) is 14.2. The van der Waals surface area contributed by atoms with Crippen LogP contribution in [0.3, 0.4) is 0 Å². The molecule has 1 heterocycles. The summed E-state index contributed by atoms with van der Waals surface area (Å²) in [7, 11) is 0. The Hall–Kier alpha value is -1.76. The minimum Gasteiger partial charge on any atom is -0.490 e.